The second kappa shape index (κ2) is 6.62. The van der Waals surface area contributed by atoms with Crippen LogP contribution in [0.2, 0.25) is 0 Å². The Hall–Kier alpha value is -1.06. The highest BCUT2D eigenvalue weighted by Gasteiger charge is 2.30. The van der Waals surface area contributed by atoms with E-state index in [0.717, 1.165) is 25.8 Å². The predicted octanol–water partition coefficient (Wildman–Crippen LogP) is 1.83. The molecule has 17 heavy (non-hydrogen) atoms. The molecular weight excluding hydrogens is 218 g/mol. The first-order valence-electron chi connectivity index (χ1n) is 6.55. The number of amides is 1. The summed E-state index contributed by atoms with van der Waals surface area (Å²) < 4.78 is 5.02. The molecule has 1 rings (SSSR count). The SMILES string of the molecule is CCOC(=O)[C@H]1CCCN(C(=O)C(C)CC)C1. The minimum absolute atomic E-state index is 0.0518. The molecule has 0 bridgehead atoms. The second-order valence-corrected chi connectivity index (χ2v) is 4.68. The molecule has 0 radical (unpaired) electrons. The summed E-state index contributed by atoms with van der Waals surface area (Å²) in [5, 5.41) is 0. The molecule has 1 aliphatic rings. The molecule has 0 aromatic carbocycles. The van der Waals surface area contributed by atoms with Crippen molar-refractivity contribution in [3.8, 4) is 0 Å². The molecule has 0 aromatic rings. The quantitative estimate of drug-likeness (QED) is 0.705. The summed E-state index contributed by atoms with van der Waals surface area (Å²) in [4.78, 5) is 25.5. The Morgan fingerprint density at radius 2 is 2.12 bits per heavy atom. The fourth-order valence-corrected chi connectivity index (χ4v) is 2.12. The van der Waals surface area contributed by atoms with Crippen LogP contribution in [-0.4, -0.2) is 36.5 Å². The number of ether oxygens (including phenoxy) is 1. The molecule has 1 unspecified atom stereocenters. The Bertz CT molecular complexity index is 278. The number of esters is 1. The molecule has 1 amide bonds. The summed E-state index contributed by atoms with van der Waals surface area (Å²) in [6.45, 7) is 7.48. The van der Waals surface area contributed by atoms with Crippen molar-refractivity contribution < 1.29 is 14.3 Å². The van der Waals surface area contributed by atoms with Crippen molar-refractivity contribution in [1.29, 1.82) is 0 Å². The maximum Gasteiger partial charge on any atom is 0.310 e. The summed E-state index contributed by atoms with van der Waals surface area (Å²) in [5.74, 6) is -0.0664. The lowest BCUT2D eigenvalue weighted by Gasteiger charge is -2.33. The lowest BCUT2D eigenvalue weighted by Crippen LogP contribution is -2.44. The van der Waals surface area contributed by atoms with Gasteiger partial charge in [0.2, 0.25) is 5.91 Å². The first-order chi connectivity index (χ1) is 8.10. The summed E-state index contributed by atoms with van der Waals surface area (Å²) in [7, 11) is 0. The number of hydrogen-bond donors (Lipinski definition) is 0. The Balaban J connectivity index is 2.54. The average molecular weight is 241 g/mol. The molecule has 0 saturated carbocycles. The van der Waals surface area contributed by atoms with Crippen LogP contribution in [0.15, 0.2) is 0 Å². The minimum atomic E-state index is -0.158. The van der Waals surface area contributed by atoms with Gasteiger partial charge in [-0.25, -0.2) is 0 Å². The third-order valence-electron chi connectivity index (χ3n) is 3.39. The molecule has 1 aliphatic heterocycles. The number of hydrogen-bond acceptors (Lipinski definition) is 3. The van der Waals surface area contributed by atoms with Crippen LogP contribution in [0, 0.1) is 11.8 Å². The monoisotopic (exact) mass is 241 g/mol. The zero-order valence-electron chi connectivity index (χ0n) is 11.1. The highest BCUT2D eigenvalue weighted by Crippen LogP contribution is 2.20. The smallest absolute Gasteiger partial charge is 0.310 e. The zero-order valence-corrected chi connectivity index (χ0v) is 11.1. The Morgan fingerprint density at radius 1 is 1.41 bits per heavy atom. The molecule has 4 heteroatoms. The molecule has 98 valence electrons. The number of rotatable bonds is 4. The van der Waals surface area contributed by atoms with Gasteiger partial charge in [-0.3, -0.25) is 9.59 Å². The molecule has 0 aliphatic carbocycles. The van der Waals surface area contributed by atoms with E-state index >= 15 is 0 Å². The van der Waals surface area contributed by atoms with E-state index in [9.17, 15) is 9.59 Å². The van der Waals surface area contributed by atoms with Crippen molar-refractivity contribution in [3.63, 3.8) is 0 Å². The van der Waals surface area contributed by atoms with Gasteiger partial charge in [0, 0.05) is 19.0 Å². The highest BCUT2D eigenvalue weighted by atomic mass is 16.5. The maximum absolute atomic E-state index is 12.0. The van der Waals surface area contributed by atoms with Crippen LogP contribution < -0.4 is 0 Å². The second-order valence-electron chi connectivity index (χ2n) is 4.68. The molecule has 2 atom stereocenters. The molecule has 1 saturated heterocycles. The van der Waals surface area contributed by atoms with E-state index in [1.165, 1.54) is 0 Å². The summed E-state index contributed by atoms with van der Waals surface area (Å²) in [6, 6.07) is 0. The molecule has 0 aromatic heterocycles. The van der Waals surface area contributed by atoms with Crippen molar-refractivity contribution >= 4 is 11.9 Å². The van der Waals surface area contributed by atoms with Gasteiger partial charge in [-0.2, -0.15) is 0 Å². The van der Waals surface area contributed by atoms with Gasteiger partial charge in [-0.1, -0.05) is 13.8 Å². The first kappa shape index (κ1) is 14.0. The standard InChI is InChI=1S/C13H23NO3/c1-4-10(3)12(15)14-8-6-7-11(9-14)13(16)17-5-2/h10-11H,4-9H2,1-3H3/t10?,11-/m0/s1. The largest absolute Gasteiger partial charge is 0.466 e. The summed E-state index contributed by atoms with van der Waals surface area (Å²) in [5.41, 5.74) is 0. The first-order valence-corrected chi connectivity index (χ1v) is 6.55. The van der Waals surface area contributed by atoms with Gasteiger partial charge in [-0.05, 0) is 26.2 Å². The topological polar surface area (TPSA) is 46.6 Å². The van der Waals surface area contributed by atoms with Crippen LogP contribution >= 0.6 is 0 Å². The van der Waals surface area contributed by atoms with Crippen LogP contribution in [0.3, 0.4) is 0 Å². The Labute approximate surface area is 103 Å². The van der Waals surface area contributed by atoms with Gasteiger partial charge >= 0.3 is 5.97 Å². The van der Waals surface area contributed by atoms with Crippen molar-refractivity contribution in [2.24, 2.45) is 11.8 Å². The number of piperidine rings is 1. The number of likely N-dealkylation sites (tertiary alicyclic amines) is 1. The summed E-state index contributed by atoms with van der Waals surface area (Å²) >= 11 is 0. The molecule has 1 heterocycles. The zero-order chi connectivity index (χ0) is 12.8. The Kier molecular flexibility index (Phi) is 5.45. The van der Waals surface area contributed by atoms with Crippen molar-refractivity contribution in [3.05, 3.63) is 0 Å². The molecule has 4 nitrogen and oxygen atoms in total. The third-order valence-corrected chi connectivity index (χ3v) is 3.39. The fraction of sp³-hybridized carbons (Fsp3) is 0.846. The van der Waals surface area contributed by atoms with Gasteiger partial charge in [0.05, 0.1) is 12.5 Å². The van der Waals surface area contributed by atoms with Crippen molar-refractivity contribution in [2.75, 3.05) is 19.7 Å². The number of carbonyl (C=O) groups is 2. The number of nitrogens with zero attached hydrogens (tertiary/aromatic N) is 1. The fourth-order valence-electron chi connectivity index (χ4n) is 2.12. The van der Waals surface area contributed by atoms with E-state index in [0.29, 0.717) is 13.2 Å². The predicted molar refractivity (Wildman–Crippen MR) is 65.4 cm³/mol. The van der Waals surface area contributed by atoms with Crippen LogP contribution in [-0.2, 0) is 14.3 Å². The van der Waals surface area contributed by atoms with E-state index < -0.39 is 0 Å². The van der Waals surface area contributed by atoms with Gasteiger partial charge in [-0.15, -0.1) is 0 Å². The Morgan fingerprint density at radius 3 is 2.71 bits per heavy atom. The lowest BCUT2D eigenvalue weighted by molar-refractivity contribution is -0.151. The van der Waals surface area contributed by atoms with E-state index in [2.05, 4.69) is 0 Å². The van der Waals surface area contributed by atoms with E-state index in [1.54, 1.807) is 0 Å². The minimum Gasteiger partial charge on any atom is -0.466 e. The van der Waals surface area contributed by atoms with Gasteiger partial charge < -0.3 is 9.64 Å². The van der Waals surface area contributed by atoms with E-state index in [-0.39, 0.29) is 23.7 Å². The van der Waals surface area contributed by atoms with Crippen molar-refractivity contribution in [1.82, 2.24) is 4.90 Å². The van der Waals surface area contributed by atoms with Crippen LogP contribution in [0.25, 0.3) is 0 Å². The lowest BCUT2D eigenvalue weighted by atomic mass is 9.96. The average Bonchev–Trinajstić information content (AvgIpc) is 2.37. The highest BCUT2D eigenvalue weighted by molar-refractivity contribution is 5.80. The van der Waals surface area contributed by atoms with Crippen LogP contribution in [0.1, 0.15) is 40.0 Å². The number of carbonyl (C=O) groups excluding carboxylic acids is 2. The third kappa shape index (κ3) is 3.72. The van der Waals surface area contributed by atoms with Crippen molar-refractivity contribution in [2.45, 2.75) is 40.0 Å². The van der Waals surface area contributed by atoms with Gasteiger partial charge in [0.15, 0.2) is 0 Å². The maximum atomic E-state index is 12.0. The van der Waals surface area contributed by atoms with Crippen LogP contribution in [0.5, 0.6) is 0 Å². The normalized spacial score (nSPS) is 22.1. The van der Waals surface area contributed by atoms with Gasteiger partial charge in [0.1, 0.15) is 0 Å². The molecule has 0 N–H and O–H groups in total. The van der Waals surface area contributed by atoms with Crippen LogP contribution in [0.4, 0.5) is 0 Å². The van der Waals surface area contributed by atoms with Gasteiger partial charge in [0.25, 0.3) is 0 Å². The molecule has 1 fully saturated rings. The molecular formula is C13H23NO3. The molecule has 0 spiro atoms. The summed E-state index contributed by atoms with van der Waals surface area (Å²) in [6.07, 6.45) is 2.58. The van der Waals surface area contributed by atoms with E-state index in [4.69, 9.17) is 4.74 Å². The van der Waals surface area contributed by atoms with E-state index in [1.807, 2.05) is 25.7 Å².